The van der Waals surface area contributed by atoms with Crippen molar-refractivity contribution in [3.05, 3.63) is 36.4 Å². The molecule has 0 aliphatic heterocycles. The quantitative estimate of drug-likeness (QED) is 0.755. The van der Waals surface area contributed by atoms with Gasteiger partial charge in [0.05, 0.1) is 13.7 Å². The molecule has 1 aromatic heterocycles. The molecule has 0 atom stereocenters. The molecule has 1 heterocycles. The molecular formula is C10H12N4O. The number of aromatic nitrogens is 3. The standard InChI is InChI=1S/C10H12N4O/c1-15-10-3-8(2-9(11)4-10)5-14-7-12-6-13-14/h2-4,6-7H,5,11H2,1H3. The average molecular weight is 204 g/mol. The van der Waals surface area contributed by atoms with Gasteiger partial charge in [0, 0.05) is 11.8 Å². The minimum Gasteiger partial charge on any atom is -0.497 e. The highest BCUT2D eigenvalue weighted by Gasteiger charge is 2.00. The van der Waals surface area contributed by atoms with Gasteiger partial charge in [0.2, 0.25) is 0 Å². The Balaban J connectivity index is 2.24. The van der Waals surface area contributed by atoms with Gasteiger partial charge in [-0.15, -0.1) is 0 Å². The van der Waals surface area contributed by atoms with Crippen LogP contribution in [0.1, 0.15) is 5.56 Å². The van der Waals surface area contributed by atoms with Gasteiger partial charge in [0.25, 0.3) is 0 Å². The average Bonchev–Trinajstić information content (AvgIpc) is 2.69. The van der Waals surface area contributed by atoms with Crippen molar-refractivity contribution in [3.63, 3.8) is 0 Å². The van der Waals surface area contributed by atoms with Gasteiger partial charge in [0.1, 0.15) is 18.4 Å². The fraction of sp³-hybridized carbons (Fsp3) is 0.200. The van der Waals surface area contributed by atoms with E-state index in [1.54, 1.807) is 24.2 Å². The molecule has 0 unspecified atom stereocenters. The van der Waals surface area contributed by atoms with Crippen molar-refractivity contribution < 1.29 is 4.74 Å². The van der Waals surface area contributed by atoms with Crippen molar-refractivity contribution in [2.75, 3.05) is 12.8 Å². The third-order valence-electron chi connectivity index (χ3n) is 2.04. The molecule has 2 aromatic rings. The van der Waals surface area contributed by atoms with Gasteiger partial charge < -0.3 is 10.5 Å². The number of benzene rings is 1. The van der Waals surface area contributed by atoms with Gasteiger partial charge in [-0.2, -0.15) is 5.10 Å². The Labute approximate surface area is 87.5 Å². The lowest BCUT2D eigenvalue weighted by molar-refractivity contribution is 0.414. The number of nitrogens with zero attached hydrogens (tertiary/aromatic N) is 3. The Morgan fingerprint density at radius 1 is 1.40 bits per heavy atom. The highest BCUT2D eigenvalue weighted by molar-refractivity contribution is 5.47. The maximum absolute atomic E-state index is 5.74. The summed E-state index contributed by atoms with van der Waals surface area (Å²) in [6.07, 6.45) is 3.17. The van der Waals surface area contributed by atoms with E-state index in [2.05, 4.69) is 10.1 Å². The smallest absolute Gasteiger partial charge is 0.137 e. The lowest BCUT2D eigenvalue weighted by Crippen LogP contribution is -2.01. The Hall–Kier alpha value is -2.04. The minimum atomic E-state index is 0.640. The van der Waals surface area contributed by atoms with E-state index in [0.29, 0.717) is 12.2 Å². The van der Waals surface area contributed by atoms with Crippen molar-refractivity contribution in [2.24, 2.45) is 0 Å². The summed E-state index contributed by atoms with van der Waals surface area (Å²) in [6.45, 7) is 0.640. The SMILES string of the molecule is COc1cc(N)cc(Cn2cncn2)c1. The van der Waals surface area contributed by atoms with Crippen LogP contribution in [0.2, 0.25) is 0 Å². The lowest BCUT2D eigenvalue weighted by atomic mass is 10.2. The van der Waals surface area contributed by atoms with Crippen LogP contribution < -0.4 is 10.5 Å². The molecule has 2 rings (SSSR count). The zero-order valence-electron chi connectivity index (χ0n) is 8.42. The lowest BCUT2D eigenvalue weighted by Gasteiger charge is -2.06. The van der Waals surface area contributed by atoms with E-state index < -0.39 is 0 Å². The highest BCUT2D eigenvalue weighted by Crippen LogP contribution is 2.18. The largest absolute Gasteiger partial charge is 0.497 e. The molecule has 0 spiro atoms. The van der Waals surface area contributed by atoms with Gasteiger partial charge in [0.15, 0.2) is 0 Å². The van der Waals surface area contributed by atoms with Gasteiger partial charge in [-0.25, -0.2) is 9.67 Å². The van der Waals surface area contributed by atoms with Crippen LogP contribution in [0.3, 0.4) is 0 Å². The predicted octanol–water partition coefficient (Wildman–Crippen LogP) is 0.917. The first kappa shape index (κ1) is 9.51. The molecule has 0 saturated carbocycles. The Morgan fingerprint density at radius 3 is 2.93 bits per heavy atom. The molecule has 78 valence electrons. The monoisotopic (exact) mass is 204 g/mol. The predicted molar refractivity (Wildman–Crippen MR) is 56.5 cm³/mol. The fourth-order valence-corrected chi connectivity index (χ4v) is 1.40. The fourth-order valence-electron chi connectivity index (χ4n) is 1.40. The van der Waals surface area contributed by atoms with Crippen LogP contribution in [0.5, 0.6) is 5.75 Å². The highest BCUT2D eigenvalue weighted by atomic mass is 16.5. The van der Waals surface area contributed by atoms with E-state index in [1.807, 2.05) is 12.1 Å². The summed E-state index contributed by atoms with van der Waals surface area (Å²) in [6, 6.07) is 5.60. The van der Waals surface area contributed by atoms with E-state index in [-0.39, 0.29) is 0 Å². The summed E-state index contributed by atoms with van der Waals surface area (Å²) in [4.78, 5) is 3.87. The van der Waals surface area contributed by atoms with Crippen LogP contribution in [0, 0.1) is 0 Å². The molecule has 0 aliphatic rings. The number of anilines is 1. The molecule has 2 N–H and O–H groups in total. The summed E-state index contributed by atoms with van der Waals surface area (Å²) in [5.74, 6) is 0.755. The van der Waals surface area contributed by atoms with Crippen molar-refractivity contribution in [3.8, 4) is 5.75 Å². The molecule has 0 amide bonds. The topological polar surface area (TPSA) is 66.0 Å². The first-order chi connectivity index (χ1) is 7.28. The summed E-state index contributed by atoms with van der Waals surface area (Å²) >= 11 is 0. The first-order valence-corrected chi connectivity index (χ1v) is 4.54. The van der Waals surface area contributed by atoms with Crippen molar-refractivity contribution in [2.45, 2.75) is 6.54 Å². The molecule has 0 saturated heterocycles. The third-order valence-corrected chi connectivity index (χ3v) is 2.04. The van der Waals surface area contributed by atoms with Crippen molar-refractivity contribution in [1.82, 2.24) is 14.8 Å². The molecular weight excluding hydrogens is 192 g/mol. The van der Waals surface area contributed by atoms with E-state index in [1.165, 1.54) is 6.33 Å². The maximum Gasteiger partial charge on any atom is 0.137 e. The van der Waals surface area contributed by atoms with Gasteiger partial charge in [-0.1, -0.05) is 0 Å². The van der Waals surface area contributed by atoms with Crippen LogP contribution >= 0.6 is 0 Å². The maximum atomic E-state index is 5.74. The van der Waals surface area contributed by atoms with Gasteiger partial charge in [-0.05, 0) is 17.7 Å². The van der Waals surface area contributed by atoms with Crippen molar-refractivity contribution >= 4 is 5.69 Å². The summed E-state index contributed by atoms with van der Waals surface area (Å²) in [7, 11) is 1.62. The summed E-state index contributed by atoms with van der Waals surface area (Å²) in [5.41, 5.74) is 7.46. The number of nitrogen functional groups attached to an aromatic ring is 1. The first-order valence-electron chi connectivity index (χ1n) is 4.54. The van der Waals surface area contributed by atoms with Gasteiger partial charge in [-0.3, -0.25) is 0 Å². The van der Waals surface area contributed by atoms with E-state index in [9.17, 15) is 0 Å². The molecule has 0 fully saturated rings. The second-order valence-electron chi connectivity index (χ2n) is 3.21. The van der Waals surface area contributed by atoms with Crippen LogP contribution in [0.25, 0.3) is 0 Å². The normalized spacial score (nSPS) is 10.2. The third kappa shape index (κ3) is 2.25. The Bertz CT molecular complexity index is 439. The molecule has 0 bridgehead atoms. The zero-order chi connectivity index (χ0) is 10.7. The Kier molecular flexibility index (Phi) is 2.53. The van der Waals surface area contributed by atoms with Crippen LogP contribution in [-0.2, 0) is 6.54 Å². The summed E-state index contributed by atoms with van der Waals surface area (Å²) < 4.78 is 6.86. The molecule has 5 heteroatoms. The number of hydrogen-bond donors (Lipinski definition) is 1. The molecule has 15 heavy (non-hydrogen) atoms. The number of ether oxygens (including phenoxy) is 1. The number of hydrogen-bond acceptors (Lipinski definition) is 4. The number of nitrogens with two attached hydrogens (primary N) is 1. The second-order valence-corrected chi connectivity index (χ2v) is 3.21. The molecule has 0 radical (unpaired) electrons. The minimum absolute atomic E-state index is 0.640. The van der Waals surface area contributed by atoms with E-state index in [4.69, 9.17) is 10.5 Å². The van der Waals surface area contributed by atoms with Crippen molar-refractivity contribution in [1.29, 1.82) is 0 Å². The summed E-state index contributed by atoms with van der Waals surface area (Å²) in [5, 5.41) is 4.02. The van der Waals surface area contributed by atoms with Gasteiger partial charge >= 0.3 is 0 Å². The van der Waals surface area contributed by atoms with Crippen LogP contribution in [0.15, 0.2) is 30.9 Å². The number of methoxy groups -OCH3 is 1. The van der Waals surface area contributed by atoms with E-state index in [0.717, 1.165) is 11.3 Å². The van der Waals surface area contributed by atoms with Crippen LogP contribution in [0.4, 0.5) is 5.69 Å². The Morgan fingerprint density at radius 2 is 2.27 bits per heavy atom. The van der Waals surface area contributed by atoms with E-state index >= 15 is 0 Å². The molecule has 1 aromatic carbocycles. The van der Waals surface area contributed by atoms with Crippen LogP contribution in [-0.4, -0.2) is 21.9 Å². The number of rotatable bonds is 3. The molecule has 5 nitrogen and oxygen atoms in total. The zero-order valence-corrected chi connectivity index (χ0v) is 8.42. The second kappa shape index (κ2) is 4.00. The molecule has 0 aliphatic carbocycles.